The van der Waals surface area contributed by atoms with Crippen molar-refractivity contribution in [1.82, 2.24) is 4.98 Å². The Hall–Kier alpha value is -0.680. The van der Waals surface area contributed by atoms with E-state index in [1.165, 1.54) is 6.07 Å². The largest absolute Gasteiger partial charge is 0.378 e. The maximum atomic E-state index is 13.4. The van der Waals surface area contributed by atoms with Crippen LogP contribution in [-0.2, 0) is 4.74 Å². The minimum absolute atomic E-state index is 0.208. The van der Waals surface area contributed by atoms with Gasteiger partial charge in [0.2, 0.25) is 0 Å². The Morgan fingerprint density at radius 1 is 1.64 bits per heavy atom. The predicted octanol–water partition coefficient (Wildman–Crippen LogP) is 1.82. The van der Waals surface area contributed by atoms with Crippen LogP contribution in [0.1, 0.15) is 0 Å². The fraction of sp³-hybridized carbons (Fsp3) is 0.444. The Balaban J connectivity index is 2.11. The maximum absolute atomic E-state index is 13.4. The number of rotatable bonds is 2. The standard InChI is InChI=1S/C9H10BrFN2O/c1-14-7-4-13(5-7)9-8(11)2-6(10)3-12-9/h2-3,7H,4-5H2,1H3. The predicted molar refractivity (Wildman–Crippen MR) is 54.9 cm³/mol. The van der Waals surface area contributed by atoms with Gasteiger partial charge in [-0.1, -0.05) is 0 Å². The molecule has 1 aromatic rings. The molecule has 0 amide bonds. The van der Waals surface area contributed by atoms with Crippen molar-refractivity contribution in [3.8, 4) is 0 Å². The molecule has 0 atom stereocenters. The van der Waals surface area contributed by atoms with Crippen LogP contribution in [0.4, 0.5) is 10.2 Å². The lowest BCUT2D eigenvalue weighted by Crippen LogP contribution is -2.52. The summed E-state index contributed by atoms with van der Waals surface area (Å²) in [6.07, 6.45) is 1.80. The Kier molecular flexibility index (Phi) is 2.69. The van der Waals surface area contributed by atoms with Gasteiger partial charge in [0, 0.05) is 30.9 Å². The highest BCUT2D eigenvalue weighted by molar-refractivity contribution is 9.10. The van der Waals surface area contributed by atoms with E-state index >= 15 is 0 Å². The fourth-order valence-corrected chi connectivity index (χ4v) is 1.70. The van der Waals surface area contributed by atoms with E-state index in [4.69, 9.17) is 4.74 Å². The Labute approximate surface area is 90.0 Å². The number of methoxy groups -OCH3 is 1. The van der Waals surface area contributed by atoms with Gasteiger partial charge in [0.1, 0.15) is 0 Å². The zero-order valence-electron chi connectivity index (χ0n) is 7.70. The van der Waals surface area contributed by atoms with E-state index in [2.05, 4.69) is 20.9 Å². The van der Waals surface area contributed by atoms with Crippen molar-refractivity contribution < 1.29 is 9.13 Å². The zero-order chi connectivity index (χ0) is 10.1. The van der Waals surface area contributed by atoms with Crippen LogP contribution in [0.15, 0.2) is 16.7 Å². The lowest BCUT2D eigenvalue weighted by Gasteiger charge is -2.39. The Morgan fingerprint density at radius 2 is 2.36 bits per heavy atom. The molecule has 1 fully saturated rings. The first-order valence-electron chi connectivity index (χ1n) is 4.29. The van der Waals surface area contributed by atoms with Crippen molar-refractivity contribution in [2.24, 2.45) is 0 Å². The van der Waals surface area contributed by atoms with E-state index in [0.29, 0.717) is 23.4 Å². The molecular formula is C9H10BrFN2O. The third-order valence-electron chi connectivity index (χ3n) is 2.27. The minimum atomic E-state index is -0.297. The number of aromatic nitrogens is 1. The lowest BCUT2D eigenvalue weighted by atomic mass is 10.1. The van der Waals surface area contributed by atoms with Gasteiger partial charge in [0.15, 0.2) is 11.6 Å². The van der Waals surface area contributed by atoms with E-state index in [1.807, 2.05) is 4.90 Å². The second kappa shape index (κ2) is 3.82. The van der Waals surface area contributed by atoms with Crippen molar-refractivity contribution in [3.05, 3.63) is 22.6 Å². The van der Waals surface area contributed by atoms with Crippen LogP contribution < -0.4 is 4.90 Å². The van der Waals surface area contributed by atoms with E-state index in [0.717, 1.165) is 0 Å². The van der Waals surface area contributed by atoms with Gasteiger partial charge < -0.3 is 9.64 Å². The highest BCUT2D eigenvalue weighted by Crippen LogP contribution is 2.24. The number of pyridine rings is 1. The molecule has 0 spiro atoms. The molecule has 0 unspecified atom stereocenters. The van der Waals surface area contributed by atoms with Crippen LogP contribution >= 0.6 is 15.9 Å². The Morgan fingerprint density at radius 3 is 2.93 bits per heavy atom. The van der Waals surface area contributed by atoms with Gasteiger partial charge in [-0.2, -0.15) is 0 Å². The molecule has 3 nitrogen and oxygen atoms in total. The normalized spacial score (nSPS) is 16.9. The molecule has 0 radical (unpaired) electrons. The van der Waals surface area contributed by atoms with Crippen LogP contribution in [0.25, 0.3) is 0 Å². The number of hydrogen-bond donors (Lipinski definition) is 0. The average molecular weight is 261 g/mol. The summed E-state index contributed by atoms with van der Waals surface area (Å²) in [6, 6.07) is 1.42. The summed E-state index contributed by atoms with van der Waals surface area (Å²) in [6.45, 7) is 1.42. The molecule has 0 aromatic carbocycles. The van der Waals surface area contributed by atoms with E-state index < -0.39 is 0 Å². The van der Waals surface area contributed by atoms with Gasteiger partial charge in [-0.25, -0.2) is 9.37 Å². The second-order valence-electron chi connectivity index (χ2n) is 3.22. The van der Waals surface area contributed by atoms with Crippen molar-refractivity contribution in [2.75, 3.05) is 25.1 Å². The molecule has 1 aliphatic heterocycles. The molecule has 76 valence electrons. The van der Waals surface area contributed by atoms with Crippen LogP contribution in [-0.4, -0.2) is 31.3 Å². The molecule has 1 aromatic heterocycles. The smallest absolute Gasteiger partial charge is 0.166 e. The summed E-state index contributed by atoms with van der Waals surface area (Å²) < 4.78 is 19.1. The number of nitrogens with zero attached hydrogens (tertiary/aromatic N) is 2. The van der Waals surface area contributed by atoms with Gasteiger partial charge >= 0.3 is 0 Å². The summed E-state index contributed by atoms with van der Waals surface area (Å²) >= 11 is 3.17. The highest BCUT2D eigenvalue weighted by Gasteiger charge is 2.29. The maximum Gasteiger partial charge on any atom is 0.166 e. The molecule has 0 N–H and O–H groups in total. The van der Waals surface area contributed by atoms with Crippen molar-refractivity contribution in [3.63, 3.8) is 0 Å². The van der Waals surface area contributed by atoms with Crippen LogP contribution in [0.5, 0.6) is 0 Å². The second-order valence-corrected chi connectivity index (χ2v) is 4.14. The number of ether oxygens (including phenoxy) is 1. The summed E-state index contributed by atoms with van der Waals surface area (Å²) in [7, 11) is 1.66. The van der Waals surface area contributed by atoms with Crippen LogP contribution in [0.2, 0.25) is 0 Å². The van der Waals surface area contributed by atoms with Gasteiger partial charge in [-0.15, -0.1) is 0 Å². The third-order valence-corrected chi connectivity index (χ3v) is 2.70. The first-order chi connectivity index (χ1) is 6.70. The molecule has 14 heavy (non-hydrogen) atoms. The number of anilines is 1. The summed E-state index contributed by atoms with van der Waals surface area (Å²) in [5, 5.41) is 0. The van der Waals surface area contributed by atoms with E-state index in [9.17, 15) is 4.39 Å². The quantitative estimate of drug-likeness (QED) is 0.812. The first kappa shape index (κ1) is 9.86. The van der Waals surface area contributed by atoms with Crippen molar-refractivity contribution >= 4 is 21.7 Å². The van der Waals surface area contributed by atoms with Gasteiger partial charge in [-0.05, 0) is 22.0 Å². The van der Waals surface area contributed by atoms with Gasteiger partial charge in [-0.3, -0.25) is 0 Å². The first-order valence-corrected chi connectivity index (χ1v) is 5.09. The summed E-state index contributed by atoms with van der Waals surface area (Å²) in [5.74, 6) is 0.107. The molecular weight excluding hydrogens is 251 g/mol. The summed E-state index contributed by atoms with van der Waals surface area (Å²) in [4.78, 5) is 5.87. The minimum Gasteiger partial charge on any atom is -0.378 e. The number of halogens is 2. The molecule has 1 aliphatic rings. The average Bonchev–Trinajstić information content (AvgIpc) is 2.06. The summed E-state index contributed by atoms with van der Waals surface area (Å²) in [5.41, 5.74) is 0. The lowest BCUT2D eigenvalue weighted by molar-refractivity contribution is 0.0779. The van der Waals surface area contributed by atoms with Crippen LogP contribution in [0, 0.1) is 5.82 Å². The molecule has 0 bridgehead atoms. The molecule has 5 heteroatoms. The molecule has 2 rings (SSSR count). The van der Waals surface area contributed by atoms with Crippen LogP contribution in [0.3, 0.4) is 0 Å². The third kappa shape index (κ3) is 1.74. The topological polar surface area (TPSA) is 25.4 Å². The van der Waals surface area contributed by atoms with Crippen molar-refractivity contribution in [1.29, 1.82) is 0 Å². The SMILES string of the molecule is COC1CN(c2ncc(Br)cc2F)C1. The zero-order valence-corrected chi connectivity index (χ0v) is 9.29. The highest BCUT2D eigenvalue weighted by atomic mass is 79.9. The Bertz CT molecular complexity index is 342. The van der Waals surface area contributed by atoms with E-state index in [1.54, 1.807) is 13.3 Å². The van der Waals surface area contributed by atoms with E-state index in [-0.39, 0.29) is 11.9 Å². The molecule has 2 heterocycles. The molecule has 0 saturated carbocycles. The van der Waals surface area contributed by atoms with Crippen molar-refractivity contribution in [2.45, 2.75) is 6.10 Å². The monoisotopic (exact) mass is 260 g/mol. The fourth-order valence-electron chi connectivity index (χ4n) is 1.40. The molecule has 1 saturated heterocycles. The van der Waals surface area contributed by atoms with Gasteiger partial charge in [0.05, 0.1) is 6.10 Å². The number of hydrogen-bond acceptors (Lipinski definition) is 3. The molecule has 0 aliphatic carbocycles. The van der Waals surface area contributed by atoms with Gasteiger partial charge in [0.25, 0.3) is 0 Å².